The summed E-state index contributed by atoms with van der Waals surface area (Å²) in [4.78, 5) is 4.15. The van der Waals surface area contributed by atoms with Crippen LogP contribution in [0.25, 0.3) is 21.6 Å². The fourth-order valence-electron chi connectivity index (χ4n) is 1.70. The highest BCUT2D eigenvalue weighted by atomic mass is 32.1. The summed E-state index contributed by atoms with van der Waals surface area (Å²) in [6.07, 6.45) is 0. The minimum atomic E-state index is 0.301. The lowest BCUT2D eigenvalue weighted by molar-refractivity contribution is 0.800. The monoisotopic (exact) mass is 231 g/mol. The molecule has 0 aliphatic heterocycles. The minimum Gasteiger partial charge on any atom is -0.367 e. The Hall–Kier alpha value is -1.95. The highest BCUT2D eigenvalue weighted by molar-refractivity contribution is 7.09. The van der Waals surface area contributed by atoms with Crippen LogP contribution in [0.2, 0.25) is 0 Å². The summed E-state index contributed by atoms with van der Waals surface area (Å²) in [6, 6.07) is 8.02. The van der Waals surface area contributed by atoms with Crippen molar-refractivity contribution in [1.29, 1.82) is 0 Å². The molecule has 6 heteroatoms. The van der Waals surface area contributed by atoms with Crippen LogP contribution in [-0.2, 0) is 7.05 Å². The zero-order valence-electron chi connectivity index (χ0n) is 8.58. The largest absolute Gasteiger partial charge is 0.367 e. The Morgan fingerprint density at radius 1 is 1.31 bits per heavy atom. The third kappa shape index (κ3) is 1.27. The number of nitrogen functional groups attached to an aromatic ring is 1. The van der Waals surface area contributed by atoms with Crippen molar-refractivity contribution >= 4 is 28.4 Å². The molecule has 3 aromatic rings. The molecule has 2 heterocycles. The Balaban J connectivity index is 2.32. The first-order chi connectivity index (χ1) is 7.75. The van der Waals surface area contributed by atoms with Crippen LogP contribution in [0.15, 0.2) is 24.3 Å². The molecule has 1 aromatic carbocycles. The van der Waals surface area contributed by atoms with Crippen LogP contribution in [0.3, 0.4) is 0 Å². The van der Waals surface area contributed by atoms with E-state index in [0.717, 1.165) is 21.6 Å². The van der Waals surface area contributed by atoms with Gasteiger partial charge in [0.25, 0.3) is 0 Å². The second-order valence-corrected chi connectivity index (χ2v) is 4.20. The first-order valence-electron chi connectivity index (χ1n) is 4.77. The Kier molecular flexibility index (Phi) is 1.90. The van der Waals surface area contributed by atoms with Gasteiger partial charge < -0.3 is 5.73 Å². The molecule has 0 radical (unpaired) electrons. The number of fused-ring (bicyclic) bond motifs is 1. The number of anilines is 1. The Morgan fingerprint density at radius 3 is 2.88 bits per heavy atom. The van der Waals surface area contributed by atoms with Gasteiger partial charge in [0.2, 0.25) is 5.95 Å². The number of benzene rings is 1. The molecule has 0 aliphatic rings. The minimum absolute atomic E-state index is 0.301. The number of rotatable bonds is 1. The van der Waals surface area contributed by atoms with E-state index in [1.165, 1.54) is 11.5 Å². The SMILES string of the molecule is Cn1nc(-c2nc(N)ns2)c2ccccc21. The fourth-order valence-corrected chi connectivity index (χ4v) is 2.30. The van der Waals surface area contributed by atoms with Crippen LogP contribution in [0.1, 0.15) is 0 Å². The first kappa shape index (κ1) is 9.29. The van der Waals surface area contributed by atoms with Gasteiger partial charge >= 0.3 is 0 Å². The van der Waals surface area contributed by atoms with E-state index >= 15 is 0 Å². The lowest BCUT2D eigenvalue weighted by atomic mass is 10.2. The number of hydrogen-bond acceptors (Lipinski definition) is 5. The maximum atomic E-state index is 5.52. The van der Waals surface area contributed by atoms with E-state index in [0.29, 0.717) is 5.95 Å². The summed E-state index contributed by atoms with van der Waals surface area (Å²) in [5.41, 5.74) is 7.44. The molecular weight excluding hydrogens is 222 g/mol. The van der Waals surface area contributed by atoms with Crippen molar-refractivity contribution in [3.05, 3.63) is 24.3 Å². The van der Waals surface area contributed by atoms with Gasteiger partial charge in [-0.05, 0) is 17.6 Å². The lowest BCUT2D eigenvalue weighted by Crippen LogP contribution is -1.89. The molecule has 0 aliphatic carbocycles. The van der Waals surface area contributed by atoms with Crippen molar-refractivity contribution in [3.63, 3.8) is 0 Å². The Morgan fingerprint density at radius 2 is 2.12 bits per heavy atom. The predicted molar refractivity (Wildman–Crippen MR) is 64.0 cm³/mol. The van der Waals surface area contributed by atoms with E-state index in [1.807, 2.05) is 36.0 Å². The molecule has 0 spiro atoms. The average molecular weight is 231 g/mol. The highest BCUT2D eigenvalue weighted by Crippen LogP contribution is 2.28. The van der Waals surface area contributed by atoms with Crippen LogP contribution in [0.4, 0.5) is 5.95 Å². The summed E-state index contributed by atoms with van der Waals surface area (Å²) in [5.74, 6) is 0.301. The van der Waals surface area contributed by atoms with Gasteiger partial charge in [-0.3, -0.25) is 4.68 Å². The fraction of sp³-hybridized carbons (Fsp3) is 0.100. The van der Waals surface area contributed by atoms with Gasteiger partial charge in [0, 0.05) is 12.4 Å². The normalized spacial score (nSPS) is 11.1. The number of aryl methyl sites for hydroxylation is 1. The van der Waals surface area contributed by atoms with E-state index in [4.69, 9.17) is 5.73 Å². The third-order valence-corrected chi connectivity index (χ3v) is 3.14. The number of nitrogens with zero attached hydrogens (tertiary/aromatic N) is 4. The van der Waals surface area contributed by atoms with E-state index in [1.54, 1.807) is 0 Å². The van der Waals surface area contributed by atoms with Crippen molar-refractivity contribution in [2.24, 2.45) is 7.05 Å². The highest BCUT2D eigenvalue weighted by Gasteiger charge is 2.13. The smallest absolute Gasteiger partial charge is 0.232 e. The molecule has 3 rings (SSSR count). The van der Waals surface area contributed by atoms with E-state index in [-0.39, 0.29) is 0 Å². The molecule has 5 nitrogen and oxygen atoms in total. The van der Waals surface area contributed by atoms with Crippen molar-refractivity contribution in [1.82, 2.24) is 19.1 Å². The molecule has 0 saturated carbocycles. The quantitative estimate of drug-likeness (QED) is 0.691. The van der Waals surface area contributed by atoms with Crippen molar-refractivity contribution in [2.45, 2.75) is 0 Å². The van der Waals surface area contributed by atoms with Gasteiger partial charge in [-0.1, -0.05) is 18.2 Å². The zero-order valence-corrected chi connectivity index (χ0v) is 9.40. The number of para-hydroxylation sites is 1. The van der Waals surface area contributed by atoms with Crippen LogP contribution in [0.5, 0.6) is 0 Å². The topological polar surface area (TPSA) is 69.6 Å². The predicted octanol–water partition coefficient (Wildman–Crippen LogP) is 1.67. The van der Waals surface area contributed by atoms with Crippen molar-refractivity contribution < 1.29 is 0 Å². The van der Waals surface area contributed by atoms with Crippen LogP contribution < -0.4 is 5.73 Å². The van der Waals surface area contributed by atoms with Gasteiger partial charge in [-0.15, -0.1) is 0 Å². The van der Waals surface area contributed by atoms with Crippen LogP contribution in [-0.4, -0.2) is 19.1 Å². The van der Waals surface area contributed by atoms with Gasteiger partial charge in [0.1, 0.15) is 5.69 Å². The number of aromatic nitrogens is 4. The lowest BCUT2D eigenvalue weighted by Gasteiger charge is -1.90. The second kappa shape index (κ2) is 3.28. The first-order valence-corrected chi connectivity index (χ1v) is 5.54. The van der Waals surface area contributed by atoms with Crippen molar-refractivity contribution in [3.8, 4) is 10.7 Å². The molecule has 0 saturated heterocycles. The third-order valence-electron chi connectivity index (χ3n) is 2.40. The maximum Gasteiger partial charge on any atom is 0.232 e. The summed E-state index contributed by atoms with van der Waals surface area (Å²) in [7, 11) is 1.91. The summed E-state index contributed by atoms with van der Waals surface area (Å²) < 4.78 is 5.80. The van der Waals surface area contributed by atoms with Crippen LogP contribution in [0, 0.1) is 0 Å². The summed E-state index contributed by atoms with van der Waals surface area (Å²) in [5, 5.41) is 6.27. The van der Waals surface area contributed by atoms with E-state index < -0.39 is 0 Å². The Labute approximate surface area is 95.7 Å². The van der Waals surface area contributed by atoms with Gasteiger partial charge in [-0.2, -0.15) is 14.5 Å². The van der Waals surface area contributed by atoms with Gasteiger partial charge in [-0.25, -0.2) is 0 Å². The Bertz CT molecular complexity index is 654. The van der Waals surface area contributed by atoms with Gasteiger partial charge in [0.15, 0.2) is 5.01 Å². The number of hydrogen-bond donors (Lipinski definition) is 1. The van der Waals surface area contributed by atoms with Crippen molar-refractivity contribution in [2.75, 3.05) is 5.73 Å². The van der Waals surface area contributed by atoms with E-state index in [9.17, 15) is 0 Å². The summed E-state index contributed by atoms with van der Waals surface area (Å²) >= 11 is 1.27. The molecule has 0 amide bonds. The van der Waals surface area contributed by atoms with Crippen LogP contribution >= 0.6 is 11.5 Å². The molecule has 0 atom stereocenters. The number of nitrogens with two attached hydrogens (primary N) is 1. The second-order valence-electron chi connectivity index (χ2n) is 3.45. The molecule has 0 fully saturated rings. The molecule has 80 valence electrons. The maximum absolute atomic E-state index is 5.52. The molecule has 2 N–H and O–H groups in total. The van der Waals surface area contributed by atoms with Gasteiger partial charge in [0.05, 0.1) is 5.52 Å². The average Bonchev–Trinajstić information content (AvgIpc) is 2.84. The standard InChI is InChI=1S/C10H9N5S/c1-15-7-5-3-2-4-6(7)8(13-15)9-12-10(11)14-16-9/h2-5H,1H3,(H2,11,14). The molecule has 2 aromatic heterocycles. The molecule has 0 unspecified atom stereocenters. The zero-order chi connectivity index (χ0) is 11.1. The summed E-state index contributed by atoms with van der Waals surface area (Å²) in [6.45, 7) is 0. The molecule has 16 heavy (non-hydrogen) atoms. The molecule has 0 bridgehead atoms. The van der Waals surface area contributed by atoms with E-state index in [2.05, 4.69) is 14.5 Å². The molecular formula is C10H9N5S.